The number of halogens is 4. The molecule has 0 amide bonds. The normalized spacial score (nSPS) is 19.9. The van der Waals surface area contributed by atoms with Crippen LogP contribution in [-0.4, -0.2) is 53.7 Å². The molecule has 1 N–H and O–H groups in total. The molecule has 1 aliphatic rings. The van der Waals surface area contributed by atoms with Crippen molar-refractivity contribution in [2.75, 3.05) is 33.3 Å². The van der Waals surface area contributed by atoms with E-state index < -0.39 is 11.7 Å². The Morgan fingerprint density at radius 1 is 1.30 bits per heavy atom. The van der Waals surface area contributed by atoms with E-state index in [4.69, 9.17) is 4.74 Å². The van der Waals surface area contributed by atoms with Crippen LogP contribution in [0.4, 0.5) is 13.2 Å². The Hall–Kier alpha value is -1.98. The molecule has 0 saturated carbocycles. The molecule has 166 valence electrons. The van der Waals surface area contributed by atoms with Crippen molar-refractivity contribution in [3.05, 3.63) is 48.5 Å². The molecular formula is C20H27F3IN5O. The molecule has 0 aliphatic carbocycles. The second-order valence-corrected chi connectivity index (χ2v) is 7.13. The summed E-state index contributed by atoms with van der Waals surface area (Å²) < 4.78 is 45.5. The van der Waals surface area contributed by atoms with Crippen LogP contribution in [0.2, 0.25) is 0 Å². The van der Waals surface area contributed by atoms with Gasteiger partial charge in [0.2, 0.25) is 0 Å². The Labute approximate surface area is 191 Å². The van der Waals surface area contributed by atoms with Crippen LogP contribution in [0.3, 0.4) is 0 Å². The minimum atomic E-state index is -4.34. The molecule has 2 unspecified atom stereocenters. The number of guanidine groups is 1. The van der Waals surface area contributed by atoms with E-state index in [0.29, 0.717) is 30.9 Å². The van der Waals surface area contributed by atoms with Gasteiger partial charge in [0, 0.05) is 32.5 Å². The molecule has 30 heavy (non-hydrogen) atoms. The third kappa shape index (κ3) is 6.26. The Morgan fingerprint density at radius 2 is 2.03 bits per heavy atom. The van der Waals surface area contributed by atoms with Gasteiger partial charge in [0.15, 0.2) is 5.96 Å². The third-order valence-electron chi connectivity index (χ3n) is 5.17. The highest BCUT2D eigenvalue weighted by atomic mass is 127. The quantitative estimate of drug-likeness (QED) is 0.271. The lowest BCUT2D eigenvalue weighted by atomic mass is 9.93. The summed E-state index contributed by atoms with van der Waals surface area (Å²) in [6.45, 7) is 4.80. The number of nitrogens with one attached hydrogen (secondary N) is 1. The fourth-order valence-corrected chi connectivity index (χ4v) is 3.50. The Morgan fingerprint density at radius 3 is 2.63 bits per heavy atom. The molecule has 1 aliphatic heterocycles. The van der Waals surface area contributed by atoms with Crippen molar-refractivity contribution >= 4 is 29.9 Å². The molecule has 0 bridgehead atoms. The number of ether oxygens (including phenoxy) is 1. The molecule has 0 spiro atoms. The molecule has 0 radical (unpaired) electrons. The van der Waals surface area contributed by atoms with Crippen molar-refractivity contribution in [3.8, 4) is 5.75 Å². The molecule has 2 atom stereocenters. The van der Waals surface area contributed by atoms with Crippen LogP contribution in [0, 0.1) is 5.92 Å². The van der Waals surface area contributed by atoms with E-state index in [1.54, 1.807) is 13.2 Å². The number of alkyl halides is 3. The molecule has 1 fully saturated rings. The molecule has 6 nitrogen and oxygen atoms in total. The highest BCUT2D eigenvalue weighted by Gasteiger charge is 2.30. The number of aromatic nitrogens is 2. The lowest BCUT2D eigenvalue weighted by Gasteiger charge is -2.39. The number of likely N-dealkylation sites (tertiary alicyclic amines) is 1. The smallest absolute Gasteiger partial charge is 0.416 e. The van der Waals surface area contributed by atoms with E-state index in [-0.39, 0.29) is 24.0 Å². The summed E-state index contributed by atoms with van der Waals surface area (Å²) in [6.07, 6.45) is 2.33. The largest absolute Gasteiger partial charge is 0.492 e. The average molecular weight is 537 g/mol. The van der Waals surface area contributed by atoms with Crippen LogP contribution in [-0.2, 0) is 6.18 Å². The second-order valence-electron chi connectivity index (χ2n) is 7.13. The van der Waals surface area contributed by atoms with E-state index in [1.165, 1.54) is 12.1 Å². The SMILES string of the molecule is CN=C(NCCOc1ccc(C(F)(F)F)cc1)N1CCC(C)C(n2ccnc2)C1.I. The number of aliphatic imine (C=N–C) groups is 1. The zero-order chi connectivity index (χ0) is 20.9. The lowest BCUT2D eigenvalue weighted by Crippen LogP contribution is -2.49. The zero-order valence-corrected chi connectivity index (χ0v) is 19.3. The van der Waals surface area contributed by atoms with E-state index in [2.05, 4.69) is 31.7 Å². The fraction of sp³-hybridized carbons (Fsp3) is 0.500. The number of piperidine rings is 1. The summed E-state index contributed by atoms with van der Waals surface area (Å²) >= 11 is 0. The van der Waals surface area contributed by atoms with Crippen LogP contribution in [0.1, 0.15) is 24.9 Å². The van der Waals surface area contributed by atoms with Crippen LogP contribution >= 0.6 is 24.0 Å². The summed E-state index contributed by atoms with van der Waals surface area (Å²) in [5.74, 6) is 1.74. The maximum absolute atomic E-state index is 12.6. The topological polar surface area (TPSA) is 54.7 Å². The van der Waals surface area contributed by atoms with Gasteiger partial charge in [0.25, 0.3) is 0 Å². The summed E-state index contributed by atoms with van der Waals surface area (Å²) in [5, 5.41) is 3.27. The molecular weight excluding hydrogens is 510 g/mol. The van der Waals surface area contributed by atoms with Crippen molar-refractivity contribution < 1.29 is 17.9 Å². The fourth-order valence-electron chi connectivity index (χ4n) is 3.50. The van der Waals surface area contributed by atoms with Crippen LogP contribution < -0.4 is 10.1 Å². The number of hydrogen-bond donors (Lipinski definition) is 1. The third-order valence-corrected chi connectivity index (χ3v) is 5.17. The second kappa shape index (κ2) is 10.9. The van der Waals surface area contributed by atoms with Crippen molar-refractivity contribution in [1.29, 1.82) is 0 Å². The van der Waals surface area contributed by atoms with Gasteiger partial charge in [-0.1, -0.05) is 6.92 Å². The summed E-state index contributed by atoms with van der Waals surface area (Å²) in [6, 6.07) is 5.03. The van der Waals surface area contributed by atoms with Gasteiger partial charge in [0.05, 0.1) is 24.5 Å². The van der Waals surface area contributed by atoms with Crippen molar-refractivity contribution in [3.63, 3.8) is 0 Å². The van der Waals surface area contributed by atoms with Gasteiger partial charge in [-0.25, -0.2) is 4.98 Å². The highest BCUT2D eigenvalue weighted by Crippen LogP contribution is 2.30. The molecule has 1 saturated heterocycles. The average Bonchev–Trinajstić information content (AvgIpc) is 3.23. The molecule has 3 rings (SSSR count). The van der Waals surface area contributed by atoms with Gasteiger partial charge in [0.1, 0.15) is 12.4 Å². The summed E-state index contributed by atoms with van der Waals surface area (Å²) in [4.78, 5) is 10.7. The Balaban J connectivity index is 0.00000320. The maximum atomic E-state index is 12.6. The standard InChI is InChI=1S/C20H26F3N5O.HI/c1-15-7-10-27(13-18(15)28-11-8-25-14-28)19(24-2)26-9-12-29-17-5-3-16(4-6-17)20(21,22)23;/h3-6,8,11,14-15,18H,7,9-10,12-13H2,1-2H3,(H,24,26);1H. The van der Waals surface area contributed by atoms with Crippen LogP contribution in [0.15, 0.2) is 48.0 Å². The first-order valence-electron chi connectivity index (χ1n) is 9.61. The molecule has 2 heterocycles. The predicted molar refractivity (Wildman–Crippen MR) is 120 cm³/mol. The van der Waals surface area contributed by atoms with Gasteiger partial charge in [-0.2, -0.15) is 13.2 Å². The number of rotatable bonds is 5. The number of benzene rings is 1. The number of nitrogens with zero attached hydrogens (tertiary/aromatic N) is 4. The van der Waals surface area contributed by atoms with E-state index in [0.717, 1.165) is 37.6 Å². The van der Waals surface area contributed by atoms with Gasteiger partial charge in [-0.05, 0) is 36.6 Å². The molecule has 2 aromatic rings. The molecule has 1 aromatic heterocycles. The summed E-state index contributed by atoms with van der Waals surface area (Å²) in [7, 11) is 1.74. The molecule has 1 aromatic carbocycles. The Bertz CT molecular complexity index is 796. The first kappa shape index (κ1) is 24.3. The van der Waals surface area contributed by atoms with Gasteiger partial charge >= 0.3 is 6.18 Å². The van der Waals surface area contributed by atoms with Gasteiger partial charge in [-0.3, -0.25) is 4.99 Å². The minimum Gasteiger partial charge on any atom is -0.492 e. The molecule has 10 heteroatoms. The summed E-state index contributed by atoms with van der Waals surface area (Å²) in [5.41, 5.74) is -0.685. The monoisotopic (exact) mass is 537 g/mol. The van der Waals surface area contributed by atoms with Crippen molar-refractivity contribution in [2.24, 2.45) is 10.9 Å². The zero-order valence-electron chi connectivity index (χ0n) is 17.0. The van der Waals surface area contributed by atoms with Crippen LogP contribution in [0.5, 0.6) is 5.75 Å². The first-order valence-corrected chi connectivity index (χ1v) is 9.61. The Kier molecular flexibility index (Phi) is 8.80. The van der Waals surface area contributed by atoms with Crippen LogP contribution in [0.25, 0.3) is 0 Å². The highest BCUT2D eigenvalue weighted by molar-refractivity contribution is 14.0. The first-order chi connectivity index (χ1) is 13.9. The van der Waals surface area contributed by atoms with E-state index in [1.807, 2.05) is 12.5 Å². The lowest BCUT2D eigenvalue weighted by molar-refractivity contribution is -0.137. The van der Waals surface area contributed by atoms with Gasteiger partial charge in [-0.15, -0.1) is 24.0 Å². The van der Waals surface area contributed by atoms with E-state index in [9.17, 15) is 13.2 Å². The van der Waals surface area contributed by atoms with Gasteiger partial charge < -0.3 is 19.5 Å². The number of imidazole rings is 1. The maximum Gasteiger partial charge on any atom is 0.416 e. The number of hydrogen-bond acceptors (Lipinski definition) is 3. The van der Waals surface area contributed by atoms with Crippen molar-refractivity contribution in [2.45, 2.75) is 25.6 Å². The predicted octanol–water partition coefficient (Wildman–Crippen LogP) is 4.06. The van der Waals surface area contributed by atoms with E-state index >= 15 is 0 Å². The van der Waals surface area contributed by atoms with Crippen molar-refractivity contribution in [1.82, 2.24) is 19.8 Å². The minimum absolute atomic E-state index is 0.